The Balaban J connectivity index is 2.15. The average molecular weight is 341 g/mol. The molecule has 19 heavy (non-hydrogen) atoms. The van der Waals surface area contributed by atoms with Crippen LogP contribution in [-0.2, 0) is 6.61 Å². The maximum absolute atomic E-state index is 5.95. The van der Waals surface area contributed by atoms with Crippen molar-refractivity contribution in [3.8, 4) is 5.75 Å². The zero-order valence-electron chi connectivity index (χ0n) is 10.6. The molecule has 0 aliphatic rings. The Bertz CT molecular complexity index is 572. The van der Waals surface area contributed by atoms with Crippen molar-refractivity contribution in [2.24, 2.45) is 5.73 Å². The summed E-state index contributed by atoms with van der Waals surface area (Å²) in [7, 11) is 0. The summed E-state index contributed by atoms with van der Waals surface area (Å²) >= 11 is 9.39. The van der Waals surface area contributed by atoms with E-state index in [1.165, 1.54) is 0 Å². The highest BCUT2D eigenvalue weighted by molar-refractivity contribution is 9.10. The van der Waals surface area contributed by atoms with Crippen LogP contribution in [0.2, 0.25) is 5.02 Å². The molecule has 0 heterocycles. The largest absolute Gasteiger partial charge is 0.489 e. The molecule has 1 atom stereocenters. The third-order valence-electron chi connectivity index (χ3n) is 2.75. The number of hydrogen-bond acceptors (Lipinski definition) is 2. The van der Waals surface area contributed by atoms with Crippen molar-refractivity contribution < 1.29 is 4.74 Å². The standard InChI is InChI=1S/C15H15BrClNO/c1-10(18)14-8-12(16)5-6-15(14)19-9-11-3-2-4-13(17)7-11/h2-8,10H,9,18H2,1H3/t10-/m1/s1. The van der Waals surface area contributed by atoms with Gasteiger partial charge in [0, 0.05) is 21.1 Å². The number of hydrogen-bond donors (Lipinski definition) is 1. The Morgan fingerprint density at radius 1 is 1.26 bits per heavy atom. The molecule has 2 rings (SSSR count). The second-order valence-corrected chi connectivity index (χ2v) is 5.74. The molecule has 0 bridgehead atoms. The first-order valence-corrected chi connectivity index (χ1v) is 7.15. The molecule has 0 spiro atoms. The highest BCUT2D eigenvalue weighted by Gasteiger charge is 2.09. The summed E-state index contributed by atoms with van der Waals surface area (Å²) in [6.07, 6.45) is 0. The smallest absolute Gasteiger partial charge is 0.124 e. The first-order valence-electron chi connectivity index (χ1n) is 5.98. The van der Waals surface area contributed by atoms with Gasteiger partial charge in [0.15, 0.2) is 0 Å². The van der Waals surface area contributed by atoms with Gasteiger partial charge in [-0.15, -0.1) is 0 Å². The lowest BCUT2D eigenvalue weighted by Gasteiger charge is -2.14. The summed E-state index contributed by atoms with van der Waals surface area (Å²) in [4.78, 5) is 0. The molecule has 0 aliphatic carbocycles. The Morgan fingerprint density at radius 3 is 2.74 bits per heavy atom. The Morgan fingerprint density at radius 2 is 2.05 bits per heavy atom. The maximum Gasteiger partial charge on any atom is 0.124 e. The molecule has 0 saturated heterocycles. The highest BCUT2D eigenvalue weighted by atomic mass is 79.9. The molecular formula is C15H15BrClNO. The lowest BCUT2D eigenvalue weighted by atomic mass is 10.1. The molecule has 2 aromatic carbocycles. The topological polar surface area (TPSA) is 35.2 Å². The molecular weight excluding hydrogens is 326 g/mol. The van der Waals surface area contributed by atoms with Gasteiger partial charge in [0.25, 0.3) is 0 Å². The lowest BCUT2D eigenvalue weighted by molar-refractivity contribution is 0.301. The van der Waals surface area contributed by atoms with Crippen LogP contribution in [0.15, 0.2) is 46.9 Å². The Kier molecular flexibility index (Phi) is 4.86. The molecule has 100 valence electrons. The van der Waals surface area contributed by atoms with E-state index < -0.39 is 0 Å². The molecule has 0 unspecified atom stereocenters. The van der Waals surface area contributed by atoms with Gasteiger partial charge in [-0.1, -0.05) is 39.7 Å². The van der Waals surface area contributed by atoms with Gasteiger partial charge >= 0.3 is 0 Å². The number of rotatable bonds is 4. The van der Waals surface area contributed by atoms with E-state index in [4.69, 9.17) is 22.1 Å². The molecule has 0 aliphatic heterocycles. The first-order chi connectivity index (χ1) is 9.06. The minimum absolute atomic E-state index is 0.0770. The van der Waals surface area contributed by atoms with Gasteiger partial charge in [-0.25, -0.2) is 0 Å². The van der Waals surface area contributed by atoms with E-state index in [1.54, 1.807) is 0 Å². The van der Waals surface area contributed by atoms with Crippen molar-refractivity contribution in [2.75, 3.05) is 0 Å². The molecule has 0 saturated carbocycles. The van der Waals surface area contributed by atoms with E-state index in [2.05, 4.69) is 15.9 Å². The fourth-order valence-electron chi connectivity index (χ4n) is 1.79. The monoisotopic (exact) mass is 339 g/mol. The molecule has 0 fully saturated rings. The Labute approximate surface area is 126 Å². The third kappa shape index (κ3) is 3.96. The normalized spacial score (nSPS) is 12.2. The SMILES string of the molecule is C[C@@H](N)c1cc(Br)ccc1OCc1cccc(Cl)c1. The Hall–Kier alpha value is -1.03. The van der Waals surface area contributed by atoms with E-state index in [9.17, 15) is 0 Å². The van der Waals surface area contributed by atoms with Crippen molar-refractivity contribution in [1.29, 1.82) is 0 Å². The van der Waals surface area contributed by atoms with Gasteiger partial charge < -0.3 is 10.5 Å². The second-order valence-electron chi connectivity index (χ2n) is 4.39. The van der Waals surface area contributed by atoms with E-state index in [0.29, 0.717) is 11.6 Å². The third-order valence-corrected chi connectivity index (χ3v) is 3.47. The van der Waals surface area contributed by atoms with E-state index in [-0.39, 0.29) is 6.04 Å². The maximum atomic E-state index is 5.95. The zero-order chi connectivity index (χ0) is 13.8. The molecule has 0 radical (unpaired) electrons. The van der Waals surface area contributed by atoms with Crippen LogP contribution >= 0.6 is 27.5 Å². The number of ether oxygens (including phenoxy) is 1. The summed E-state index contributed by atoms with van der Waals surface area (Å²) < 4.78 is 6.83. The summed E-state index contributed by atoms with van der Waals surface area (Å²) in [6.45, 7) is 2.41. The summed E-state index contributed by atoms with van der Waals surface area (Å²) in [6, 6.07) is 13.4. The molecule has 2 nitrogen and oxygen atoms in total. The van der Waals surface area contributed by atoms with E-state index >= 15 is 0 Å². The predicted octanol–water partition coefficient (Wildman–Crippen LogP) is 4.70. The molecule has 0 amide bonds. The molecule has 4 heteroatoms. The number of halogens is 2. The predicted molar refractivity (Wildman–Crippen MR) is 82.5 cm³/mol. The van der Waals surface area contributed by atoms with Crippen molar-refractivity contribution in [3.05, 3.63) is 63.1 Å². The van der Waals surface area contributed by atoms with Gasteiger partial charge in [-0.05, 0) is 42.8 Å². The van der Waals surface area contributed by atoms with Crippen molar-refractivity contribution >= 4 is 27.5 Å². The van der Waals surface area contributed by atoms with Crippen LogP contribution in [0.4, 0.5) is 0 Å². The van der Waals surface area contributed by atoms with Crippen LogP contribution in [-0.4, -0.2) is 0 Å². The van der Waals surface area contributed by atoms with Gasteiger partial charge in [0.1, 0.15) is 12.4 Å². The van der Waals surface area contributed by atoms with Gasteiger partial charge in [-0.3, -0.25) is 0 Å². The quantitative estimate of drug-likeness (QED) is 0.875. The van der Waals surface area contributed by atoms with Crippen molar-refractivity contribution in [2.45, 2.75) is 19.6 Å². The van der Waals surface area contributed by atoms with Crippen LogP contribution in [0.5, 0.6) is 5.75 Å². The van der Waals surface area contributed by atoms with Crippen LogP contribution in [0.3, 0.4) is 0 Å². The molecule has 0 aromatic heterocycles. The average Bonchev–Trinajstić information content (AvgIpc) is 2.37. The number of benzene rings is 2. The van der Waals surface area contributed by atoms with Gasteiger partial charge in [-0.2, -0.15) is 0 Å². The molecule has 2 aromatic rings. The van der Waals surface area contributed by atoms with Gasteiger partial charge in [0.05, 0.1) is 0 Å². The molecule has 2 N–H and O–H groups in total. The first kappa shape index (κ1) is 14.4. The fraction of sp³-hybridized carbons (Fsp3) is 0.200. The van der Waals surface area contributed by atoms with Crippen LogP contribution in [0.1, 0.15) is 24.1 Å². The van der Waals surface area contributed by atoms with E-state index in [0.717, 1.165) is 21.3 Å². The zero-order valence-corrected chi connectivity index (χ0v) is 12.9. The summed E-state index contributed by atoms with van der Waals surface area (Å²) in [5.74, 6) is 0.804. The number of nitrogens with two attached hydrogens (primary N) is 1. The van der Waals surface area contributed by atoms with Crippen LogP contribution in [0.25, 0.3) is 0 Å². The van der Waals surface area contributed by atoms with Crippen LogP contribution in [0, 0.1) is 0 Å². The highest BCUT2D eigenvalue weighted by Crippen LogP contribution is 2.28. The van der Waals surface area contributed by atoms with Crippen molar-refractivity contribution in [1.82, 2.24) is 0 Å². The summed E-state index contributed by atoms with van der Waals surface area (Å²) in [5, 5.41) is 0.712. The minimum Gasteiger partial charge on any atom is -0.489 e. The van der Waals surface area contributed by atoms with E-state index in [1.807, 2.05) is 49.4 Å². The minimum atomic E-state index is -0.0770. The van der Waals surface area contributed by atoms with Gasteiger partial charge in [0.2, 0.25) is 0 Å². The summed E-state index contributed by atoms with van der Waals surface area (Å²) in [5.41, 5.74) is 7.97. The van der Waals surface area contributed by atoms with Crippen LogP contribution < -0.4 is 10.5 Å². The fourth-order valence-corrected chi connectivity index (χ4v) is 2.39. The van der Waals surface area contributed by atoms with Crippen molar-refractivity contribution in [3.63, 3.8) is 0 Å². The second kappa shape index (κ2) is 6.42. The lowest BCUT2D eigenvalue weighted by Crippen LogP contribution is -2.08.